The standard InChI is InChI=1S/C21H24N2O3S/c1-16-9-11-18(12-10-16)22-21(27)23-19(24)13-14-20(25)26-15-5-8-17-6-3-2-4-7-17/h2-4,6-7,9-12H,5,8,13-15H2,1H3,(H2,22,23,24,27). The average molecular weight is 385 g/mol. The Balaban J connectivity index is 1.58. The van der Waals surface area contributed by atoms with Gasteiger partial charge in [0.25, 0.3) is 0 Å². The fourth-order valence-electron chi connectivity index (χ4n) is 2.38. The molecular formula is C21H24N2O3S. The molecule has 0 heterocycles. The number of nitrogens with one attached hydrogen (secondary N) is 2. The summed E-state index contributed by atoms with van der Waals surface area (Å²) in [6.45, 7) is 2.34. The fourth-order valence-corrected chi connectivity index (χ4v) is 2.61. The number of carbonyl (C=O) groups is 2. The second kappa shape index (κ2) is 11.1. The molecule has 0 saturated heterocycles. The van der Waals surface area contributed by atoms with Crippen LogP contribution < -0.4 is 10.6 Å². The predicted octanol–water partition coefficient (Wildman–Crippen LogP) is 3.76. The number of amides is 1. The lowest BCUT2D eigenvalue weighted by Crippen LogP contribution is -2.34. The van der Waals surface area contributed by atoms with E-state index in [0.717, 1.165) is 24.1 Å². The molecule has 5 nitrogen and oxygen atoms in total. The number of thiocarbonyl (C=S) groups is 1. The third-order valence-electron chi connectivity index (χ3n) is 3.83. The van der Waals surface area contributed by atoms with E-state index in [1.807, 2.05) is 61.5 Å². The van der Waals surface area contributed by atoms with Crippen molar-refractivity contribution in [2.24, 2.45) is 0 Å². The number of ether oxygens (including phenoxy) is 1. The van der Waals surface area contributed by atoms with Crippen LogP contribution in [0.4, 0.5) is 5.69 Å². The van der Waals surface area contributed by atoms with Crippen LogP contribution in [0.5, 0.6) is 0 Å². The number of hydrogen-bond donors (Lipinski definition) is 2. The SMILES string of the molecule is Cc1ccc(NC(=S)NC(=O)CCC(=O)OCCCc2ccccc2)cc1. The van der Waals surface area contributed by atoms with Crippen molar-refractivity contribution in [3.8, 4) is 0 Å². The zero-order chi connectivity index (χ0) is 19.5. The zero-order valence-corrected chi connectivity index (χ0v) is 16.2. The summed E-state index contributed by atoms with van der Waals surface area (Å²) < 4.78 is 5.16. The minimum Gasteiger partial charge on any atom is -0.466 e. The van der Waals surface area contributed by atoms with Crippen LogP contribution >= 0.6 is 12.2 Å². The van der Waals surface area contributed by atoms with Crippen LogP contribution in [0, 0.1) is 6.92 Å². The third kappa shape index (κ3) is 8.46. The molecule has 27 heavy (non-hydrogen) atoms. The molecule has 2 aromatic rings. The summed E-state index contributed by atoms with van der Waals surface area (Å²) in [7, 11) is 0. The van der Waals surface area contributed by atoms with Crippen molar-refractivity contribution in [3.63, 3.8) is 0 Å². The van der Waals surface area contributed by atoms with Crippen LogP contribution in [0.3, 0.4) is 0 Å². The van der Waals surface area contributed by atoms with Gasteiger partial charge in [0.1, 0.15) is 0 Å². The van der Waals surface area contributed by atoms with E-state index in [1.165, 1.54) is 5.56 Å². The van der Waals surface area contributed by atoms with Gasteiger partial charge in [-0.15, -0.1) is 0 Å². The van der Waals surface area contributed by atoms with E-state index < -0.39 is 0 Å². The molecule has 2 aromatic carbocycles. The molecule has 0 unspecified atom stereocenters. The van der Waals surface area contributed by atoms with Gasteiger partial charge in [-0.3, -0.25) is 9.59 Å². The van der Waals surface area contributed by atoms with E-state index >= 15 is 0 Å². The number of aryl methyl sites for hydroxylation is 2. The van der Waals surface area contributed by atoms with Crippen LogP contribution in [-0.2, 0) is 20.7 Å². The van der Waals surface area contributed by atoms with E-state index in [1.54, 1.807) is 0 Å². The largest absolute Gasteiger partial charge is 0.466 e. The number of carbonyl (C=O) groups excluding carboxylic acids is 2. The highest BCUT2D eigenvalue weighted by molar-refractivity contribution is 7.80. The normalized spacial score (nSPS) is 10.1. The molecule has 0 atom stereocenters. The van der Waals surface area contributed by atoms with Crippen LogP contribution in [0.1, 0.15) is 30.4 Å². The summed E-state index contributed by atoms with van der Waals surface area (Å²) in [4.78, 5) is 23.6. The van der Waals surface area contributed by atoms with Crippen molar-refractivity contribution in [1.82, 2.24) is 5.32 Å². The van der Waals surface area contributed by atoms with Gasteiger partial charge >= 0.3 is 5.97 Å². The summed E-state index contributed by atoms with van der Waals surface area (Å²) in [5, 5.41) is 5.70. The maximum absolute atomic E-state index is 11.9. The maximum Gasteiger partial charge on any atom is 0.306 e. The lowest BCUT2D eigenvalue weighted by molar-refractivity contribution is -0.145. The molecule has 0 fully saturated rings. The monoisotopic (exact) mass is 384 g/mol. The van der Waals surface area contributed by atoms with Gasteiger partial charge in [-0.1, -0.05) is 48.0 Å². The Kier molecular flexibility index (Phi) is 8.45. The molecule has 2 rings (SSSR count). The Hall–Kier alpha value is -2.73. The molecule has 0 aliphatic heterocycles. The Bertz CT molecular complexity index is 761. The summed E-state index contributed by atoms with van der Waals surface area (Å²) in [5.74, 6) is -0.698. The minimum atomic E-state index is -0.379. The quantitative estimate of drug-likeness (QED) is 0.412. The maximum atomic E-state index is 11.9. The van der Waals surface area contributed by atoms with Gasteiger partial charge in [-0.2, -0.15) is 0 Å². The number of hydrogen-bond acceptors (Lipinski definition) is 4. The number of rotatable bonds is 8. The van der Waals surface area contributed by atoms with Gasteiger partial charge in [0.2, 0.25) is 5.91 Å². The van der Waals surface area contributed by atoms with Gasteiger partial charge in [0.05, 0.1) is 13.0 Å². The van der Waals surface area contributed by atoms with Crippen molar-refractivity contribution < 1.29 is 14.3 Å². The Morgan fingerprint density at radius 3 is 2.41 bits per heavy atom. The lowest BCUT2D eigenvalue weighted by Gasteiger charge is -2.10. The molecule has 0 aliphatic carbocycles. The van der Waals surface area contributed by atoms with Crippen molar-refractivity contribution in [2.45, 2.75) is 32.6 Å². The first-order valence-electron chi connectivity index (χ1n) is 8.90. The average Bonchev–Trinajstić information content (AvgIpc) is 2.66. The second-order valence-corrected chi connectivity index (χ2v) is 6.59. The van der Waals surface area contributed by atoms with Crippen LogP contribution in [0.2, 0.25) is 0 Å². The molecule has 2 N–H and O–H groups in total. The molecule has 0 aromatic heterocycles. The molecular weight excluding hydrogens is 360 g/mol. The zero-order valence-electron chi connectivity index (χ0n) is 15.4. The molecule has 0 saturated carbocycles. The smallest absolute Gasteiger partial charge is 0.306 e. The van der Waals surface area contributed by atoms with Crippen molar-refractivity contribution in [1.29, 1.82) is 0 Å². The first-order chi connectivity index (χ1) is 13.0. The summed E-state index contributed by atoms with van der Waals surface area (Å²) in [6.07, 6.45) is 1.68. The number of esters is 1. The summed E-state index contributed by atoms with van der Waals surface area (Å²) >= 11 is 5.10. The Morgan fingerprint density at radius 2 is 1.70 bits per heavy atom. The van der Waals surface area contributed by atoms with E-state index in [0.29, 0.717) is 6.61 Å². The molecule has 6 heteroatoms. The van der Waals surface area contributed by atoms with Crippen LogP contribution in [0.25, 0.3) is 0 Å². The molecule has 0 radical (unpaired) electrons. The summed E-state index contributed by atoms with van der Waals surface area (Å²) in [6, 6.07) is 17.7. The van der Waals surface area contributed by atoms with Gasteiger partial charge < -0.3 is 15.4 Å². The number of benzene rings is 2. The highest BCUT2D eigenvalue weighted by Gasteiger charge is 2.09. The summed E-state index contributed by atoms with van der Waals surface area (Å²) in [5.41, 5.74) is 3.14. The fraction of sp³-hybridized carbons (Fsp3) is 0.286. The van der Waals surface area contributed by atoms with E-state index in [9.17, 15) is 9.59 Å². The molecule has 1 amide bonds. The van der Waals surface area contributed by atoms with Gasteiger partial charge in [-0.25, -0.2) is 0 Å². The predicted molar refractivity (Wildman–Crippen MR) is 110 cm³/mol. The van der Waals surface area contributed by atoms with Gasteiger partial charge in [0, 0.05) is 12.1 Å². The van der Waals surface area contributed by atoms with Gasteiger partial charge in [-0.05, 0) is 49.7 Å². The second-order valence-electron chi connectivity index (χ2n) is 6.18. The third-order valence-corrected chi connectivity index (χ3v) is 4.04. The first kappa shape index (κ1) is 20.6. The number of anilines is 1. The topological polar surface area (TPSA) is 67.4 Å². The molecule has 0 aliphatic rings. The molecule has 142 valence electrons. The van der Waals surface area contributed by atoms with E-state index in [-0.39, 0.29) is 29.8 Å². The van der Waals surface area contributed by atoms with Crippen molar-refractivity contribution >= 4 is 34.9 Å². The molecule has 0 bridgehead atoms. The van der Waals surface area contributed by atoms with Crippen molar-refractivity contribution in [2.75, 3.05) is 11.9 Å². The Labute approximate surface area is 165 Å². The first-order valence-corrected chi connectivity index (χ1v) is 9.31. The van der Waals surface area contributed by atoms with Crippen molar-refractivity contribution in [3.05, 3.63) is 65.7 Å². The van der Waals surface area contributed by atoms with E-state index in [4.69, 9.17) is 17.0 Å². The highest BCUT2D eigenvalue weighted by atomic mass is 32.1. The highest BCUT2D eigenvalue weighted by Crippen LogP contribution is 2.08. The Morgan fingerprint density at radius 1 is 1.00 bits per heavy atom. The van der Waals surface area contributed by atoms with E-state index in [2.05, 4.69) is 10.6 Å². The van der Waals surface area contributed by atoms with Crippen LogP contribution in [0.15, 0.2) is 54.6 Å². The lowest BCUT2D eigenvalue weighted by atomic mass is 10.1. The van der Waals surface area contributed by atoms with Crippen LogP contribution in [-0.4, -0.2) is 23.6 Å². The minimum absolute atomic E-state index is 0.0321. The van der Waals surface area contributed by atoms with Gasteiger partial charge in [0.15, 0.2) is 5.11 Å². The molecule has 0 spiro atoms.